The lowest BCUT2D eigenvalue weighted by atomic mass is 10.1. The summed E-state index contributed by atoms with van der Waals surface area (Å²) in [5.74, 6) is 4.86. The van der Waals surface area contributed by atoms with Gasteiger partial charge in [-0.1, -0.05) is 45.9 Å². The van der Waals surface area contributed by atoms with E-state index in [0.29, 0.717) is 13.1 Å². The minimum Gasteiger partial charge on any atom is -0.497 e. The Bertz CT molecular complexity index is 2910. The van der Waals surface area contributed by atoms with Crippen molar-refractivity contribution in [2.45, 2.75) is 26.9 Å². The van der Waals surface area contributed by atoms with E-state index in [1.165, 1.54) is 0 Å². The first-order chi connectivity index (χ1) is 31.0. The van der Waals surface area contributed by atoms with Crippen LogP contribution in [0.4, 0.5) is 0 Å². The fourth-order valence-corrected chi connectivity index (χ4v) is 10.5. The normalized spacial score (nSPS) is 11.9. The van der Waals surface area contributed by atoms with Gasteiger partial charge in [0.25, 0.3) is 23.5 Å². The third kappa shape index (κ3) is 8.64. The summed E-state index contributed by atoms with van der Waals surface area (Å²) in [6.45, 7) is 5.70. The number of benzene rings is 4. The van der Waals surface area contributed by atoms with Crippen LogP contribution in [0.2, 0.25) is 0 Å². The Morgan fingerprint density at radius 3 is 1.41 bits per heavy atom. The SMILES string of the molecule is COc1ccc2c(c1)c(/C=C/c1n(CC(=O)NCCSSCCNC(=O)Cn3c(/C=C/c4c(C)n(C)c5ccc(OC)cc45)[n+](C)c4ccccc43)c3ccccc3[n+]1C)c(C)n2C. The summed E-state index contributed by atoms with van der Waals surface area (Å²) in [5.41, 5.74) is 10.9. The highest BCUT2D eigenvalue weighted by atomic mass is 33.1. The van der Waals surface area contributed by atoms with Crippen LogP contribution in [0.25, 0.3) is 68.2 Å². The summed E-state index contributed by atoms with van der Waals surface area (Å²) in [7, 11) is 15.0. The highest BCUT2D eigenvalue weighted by molar-refractivity contribution is 8.76. The van der Waals surface area contributed by atoms with Crippen LogP contribution >= 0.6 is 21.6 Å². The Balaban J connectivity index is 0.846. The largest absolute Gasteiger partial charge is 0.497 e. The number of methoxy groups -OCH3 is 2. The number of imidazole rings is 2. The van der Waals surface area contributed by atoms with Crippen molar-refractivity contribution < 1.29 is 28.2 Å². The van der Waals surface area contributed by atoms with Crippen molar-refractivity contribution in [3.63, 3.8) is 0 Å². The molecule has 0 spiro atoms. The standard InChI is InChI=1S/C50H54N8O4S2/c1-33-37(39-29-35(61-7)17-21-41(39)53(33)3)19-23-49-55(5)43-13-9-11-15-45(43)57(49)31-47(59)51-25-27-63-64-28-26-52-48(60)32-58-46-16-12-10-14-44(46)56(6)50(58)24-20-38-34(2)54(4)42-22-18-36(62-8)30-40(38)42/h9-24,29-30H,25-28,31-32H2,1-8H3/p+2. The maximum atomic E-state index is 13.4. The summed E-state index contributed by atoms with van der Waals surface area (Å²) in [5, 5.41) is 8.47. The van der Waals surface area contributed by atoms with Crippen molar-refractivity contribution in [2.75, 3.05) is 38.8 Å². The number of hydrogen-bond donors (Lipinski definition) is 2. The van der Waals surface area contributed by atoms with Crippen LogP contribution in [0.15, 0.2) is 84.9 Å². The molecule has 0 atom stereocenters. The van der Waals surface area contributed by atoms with Gasteiger partial charge in [0.15, 0.2) is 35.2 Å². The van der Waals surface area contributed by atoms with Crippen LogP contribution < -0.4 is 29.2 Å². The molecule has 4 aromatic carbocycles. The van der Waals surface area contributed by atoms with Gasteiger partial charge in [-0.3, -0.25) is 9.59 Å². The first-order valence-electron chi connectivity index (χ1n) is 21.3. The molecule has 0 aliphatic heterocycles. The number of nitrogens with one attached hydrogen (secondary N) is 2. The van der Waals surface area contributed by atoms with Crippen LogP contribution in [-0.2, 0) is 50.9 Å². The molecule has 2 amide bonds. The van der Waals surface area contributed by atoms with Gasteiger partial charge in [-0.2, -0.15) is 0 Å². The maximum absolute atomic E-state index is 13.4. The predicted molar refractivity (Wildman–Crippen MR) is 263 cm³/mol. The van der Waals surface area contributed by atoms with E-state index in [2.05, 4.69) is 139 Å². The Morgan fingerprint density at radius 2 is 1.00 bits per heavy atom. The number of fused-ring (bicyclic) bond motifs is 4. The number of amides is 2. The number of para-hydroxylation sites is 4. The lowest BCUT2D eigenvalue weighted by Crippen LogP contribution is -2.34. The van der Waals surface area contributed by atoms with Crippen molar-refractivity contribution in [1.82, 2.24) is 28.9 Å². The topological polar surface area (TPSA) is 104 Å². The lowest BCUT2D eigenvalue weighted by Gasteiger charge is -2.06. The van der Waals surface area contributed by atoms with Gasteiger partial charge in [0, 0.05) is 95.2 Å². The predicted octanol–water partition coefficient (Wildman–Crippen LogP) is 7.52. The van der Waals surface area contributed by atoms with E-state index >= 15 is 0 Å². The second-order valence-electron chi connectivity index (χ2n) is 15.9. The molecule has 0 radical (unpaired) electrons. The number of rotatable bonds is 17. The summed E-state index contributed by atoms with van der Waals surface area (Å²) in [6.07, 6.45) is 8.48. The van der Waals surface area contributed by atoms with Crippen LogP contribution in [-0.4, -0.2) is 68.9 Å². The van der Waals surface area contributed by atoms with E-state index in [0.717, 1.165) is 101 Å². The fraction of sp³-hybridized carbons (Fsp3) is 0.280. The van der Waals surface area contributed by atoms with Gasteiger partial charge < -0.3 is 29.2 Å². The summed E-state index contributed by atoms with van der Waals surface area (Å²) in [6, 6.07) is 28.6. The number of hydrogen-bond acceptors (Lipinski definition) is 6. The Morgan fingerprint density at radius 1 is 0.594 bits per heavy atom. The van der Waals surface area contributed by atoms with Gasteiger partial charge in [0.1, 0.15) is 11.5 Å². The third-order valence-corrected chi connectivity index (χ3v) is 14.7. The molecule has 4 heterocycles. The monoisotopic (exact) mass is 896 g/mol. The minimum absolute atomic E-state index is 0.0485. The number of aromatic nitrogens is 6. The number of ether oxygens (including phenoxy) is 2. The van der Waals surface area contributed by atoms with Crippen LogP contribution in [0.3, 0.4) is 0 Å². The molecule has 0 aliphatic carbocycles. The smallest absolute Gasteiger partial charge is 0.282 e. The van der Waals surface area contributed by atoms with E-state index in [9.17, 15) is 9.59 Å². The summed E-state index contributed by atoms with van der Waals surface area (Å²) >= 11 is 0. The Kier molecular flexibility index (Phi) is 13.2. The zero-order valence-corrected chi connectivity index (χ0v) is 39.4. The van der Waals surface area contributed by atoms with E-state index in [-0.39, 0.29) is 24.9 Å². The Labute approximate surface area is 381 Å². The molecule has 14 heteroatoms. The second kappa shape index (κ2) is 19.2. The van der Waals surface area contributed by atoms with Gasteiger partial charge in [-0.15, -0.1) is 0 Å². The molecule has 0 fully saturated rings. The number of carbonyl (C=O) groups is 2. The second-order valence-corrected chi connectivity index (χ2v) is 18.6. The van der Waals surface area contributed by atoms with Gasteiger partial charge in [-0.05, 0) is 86.7 Å². The van der Waals surface area contributed by atoms with Gasteiger partial charge in [0.2, 0.25) is 0 Å². The minimum atomic E-state index is -0.0485. The molecule has 0 saturated heterocycles. The molecule has 4 aromatic heterocycles. The number of aryl methyl sites for hydroxylation is 4. The van der Waals surface area contributed by atoms with E-state index in [4.69, 9.17) is 9.47 Å². The molecule has 64 heavy (non-hydrogen) atoms. The van der Waals surface area contributed by atoms with Crippen LogP contribution in [0.1, 0.15) is 34.2 Å². The summed E-state index contributed by atoms with van der Waals surface area (Å²) < 4.78 is 23.9. The van der Waals surface area contributed by atoms with Gasteiger partial charge in [0.05, 0.1) is 28.3 Å². The van der Waals surface area contributed by atoms with Crippen molar-refractivity contribution >= 4 is 102 Å². The quantitative estimate of drug-likeness (QED) is 0.0558. The molecule has 12 nitrogen and oxygen atoms in total. The lowest BCUT2D eigenvalue weighted by molar-refractivity contribution is -0.647. The highest BCUT2D eigenvalue weighted by Crippen LogP contribution is 2.32. The molecule has 0 bridgehead atoms. The van der Waals surface area contributed by atoms with E-state index in [1.807, 2.05) is 50.5 Å². The highest BCUT2D eigenvalue weighted by Gasteiger charge is 2.25. The number of carbonyl (C=O) groups excluding carboxylic acids is 2. The molecular weight excluding hydrogens is 841 g/mol. The van der Waals surface area contributed by atoms with E-state index < -0.39 is 0 Å². The first kappa shape index (κ1) is 44.2. The third-order valence-electron chi connectivity index (χ3n) is 12.3. The average molecular weight is 897 g/mol. The van der Waals surface area contributed by atoms with Crippen LogP contribution in [0, 0.1) is 13.8 Å². The molecule has 2 N–H and O–H groups in total. The van der Waals surface area contributed by atoms with Crippen molar-refractivity contribution in [3.05, 3.63) is 119 Å². The zero-order valence-electron chi connectivity index (χ0n) is 37.8. The van der Waals surface area contributed by atoms with Crippen molar-refractivity contribution in [2.24, 2.45) is 28.2 Å². The molecule has 0 saturated carbocycles. The molecule has 8 aromatic rings. The summed E-state index contributed by atoms with van der Waals surface area (Å²) in [4.78, 5) is 26.8. The molecular formula is C50H56N8O4S2+2. The van der Waals surface area contributed by atoms with Crippen molar-refractivity contribution in [1.29, 1.82) is 0 Å². The maximum Gasteiger partial charge on any atom is 0.282 e. The molecule has 330 valence electrons. The van der Waals surface area contributed by atoms with Gasteiger partial charge >= 0.3 is 0 Å². The zero-order chi connectivity index (χ0) is 45.1. The Hall–Kier alpha value is -6.38. The fourth-order valence-electron chi connectivity index (χ4n) is 8.67. The van der Waals surface area contributed by atoms with Crippen LogP contribution in [0.5, 0.6) is 11.5 Å². The molecule has 0 unspecified atom stereocenters. The first-order valence-corrected chi connectivity index (χ1v) is 23.8. The van der Waals surface area contributed by atoms with Gasteiger partial charge in [-0.25, -0.2) is 18.3 Å². The molecule has 8 rings (SSSR count). The number of nitrogens with zero attached hydrogens (tertiary/aromatic N) is 6. The van der Waals surface area contributed by atoms with Crippen molar-refractivity contribution in [3.8, 4) is 11.5 Å². The van der Waals surface area contributed by atoms with E-state index in [1.54, 1.807) is 35.8 Å². The average Bonchev–Trinajstić information content (AvgIpc) is 3.91. The molecule has 0 aliphatic rings.